The van der Waals surface area contributed by atoms with E-state index in [1.54, 1.807) is 24.3 Å². The van der Waals surface area contributed by atoms with Crippen LogP contribution < -0.4 is 5.43 Å². The van der Waals surface area contributed by atoms with E-state index in [4.69, 9.17) is 35.4 Å². The molecule has 0 spiro atoms. The van der Waals surface area contributed by atoms with Gasteiger partial charge in [0.25, 0.3) is 5.91 Å². The molecule has 1 heterocycles. The highest BCUT2D eigenvalue weighted by Gasteiger charge is 2.55. The second-order valence-electron chi connectivity index (χ2n) is 8.80. The zero-order chi connectivity index (χ0) is 20.3. The lowest BCUT2D eigenvalue weighted by molar-refractivity contribution is -0.152. The van der Waals surface area contributed by atoms with Crippen LogP contribution in [-0.4, -0.2) is 21.1 Å². The molecular weight excluding hydrogens is 447 g/mol. The number of nitrogens with one attached hydrogen (secondary N) is 1. The zero-order valence-corrected chi connectivity index (χ0v) is 18.8. The second-order valence-corrected chi connectivity index (χ2v) is 11.3. The fraction of sp³-hybridized carbons (Fsp3) is 0.476. The van der Waals surface area contributed by atoms with Crippen molar-refractivity contribution >= 4 is 69.4 Å². The van der Waals surface area contributed by atoms with Gasteiger partial charge in [-0.15, -0.1) is 0 Å². The average molecular weight is 467 g/mol. The van der Waals surface area contributed by atoms with E-state index in [0.29, 0.717) is 42.6 Å². The molecule has 8 heteroatoms. The van der Waals surface area contributed by atoms with E-state index in [0.717, 1.165) is 31.0 Å². The van der Waals surface area contributed by atoms with E-state index in [9.17, 15) is 9.59 Å². The van der Waals surface area contributed by atoms with Crippen LogP contribution in [0.5, 0.6) is 0 Å². The van der Waals surface area contributed by atoms with Gasteiger partial charge in [0.15, 0.2) is 4.32 Å². The lowest BCUT2D eigenvalue weighted by Gasteiger charge is -2.55. The Balaban J connectivity index is 1.35. The van der Waals surface area contributed by atoms with Crippen molar-refractivity contribution in [2.75, 3.05) is 0 Å². The van der Waals surface area contributed by atoms with Gasteiger partial charge in [0, 0.05) is 0 Å². The molecule has 0 aromatic heterocycles. The minimum absolute atomic E-state index is 0.0464. The molecule has 4 saturated carbocycles. The number of halogens is 2. The quantitative estimate of drug-likeness (QED) is 0.475. The molecule has 6 rings (SSSR count). The van der Waals surface area contributed by atoms with E-state index in [1.165, 1.54) is 24.3 Å². The van der Waals surface area contributed by atoms with Gasteiger partial charge < -0.3 is 0 Å². The SMILES string of the molecule is O=C1/C(=C\c2cccc(Cl)c2Cl)SC(=S)N1NC(=O)C12CC3CC(CC(C3)C1)C2. The molecular formula is C21H20Cl2N2O2S2. The molecule has 4 bridgehead atoms. The number of benzene rings is 1. The summed E-state index contributed by atoms with van der Waals surface area (Å²) in [6, 6.07) is 5.25. The molecule has 1 aromatic carbocycles. The van der Waals surface area contributed by atoms with Crippen molar-refractivity contribution in [3.05, 3.63) is 38.7 Å². The van der Waals surface area contributed by atoms with Crippen LogP contribution in [0.25, 0.3) is 6.08 Å². The van der Waals surface area contributed by atoms with Gasteiger partial charge in [-0.3, -0.25) is 15.0 Å². The third-order valence-electron chi connectivity index (χ3n) is 6.80. The molecule has 29 heavy (non-hydrogen) atoms. The van der Waals surface area contributed by atoms with Gasteiger partial charge in [0.2, 0.25) is 5.91 Å². The number of nitrogens with zero attached hydrogens (tertiary/aromatic N) is 1. The third kappa shape index (κ3) is 3.42. The lowest BCUT2D eigenvalue weighted by Crippen LogP contribution is -2.57. The van der Waals surface area contributed by atoms with E-state index in [-0.39, 0.29) is 17.2 Å². The van der Waals surface area contributed by atoms with Crippen LogP contribution in [-0.2, 0) is 9.59 Å². The Labute approximate surface area is 189 Å². The normalized spacial score (nSPS) is 34.3. The molecule has 1 N–H and O–H groups in total. The highest BCUT2D eigenvalue weighted by atomic mass is 35.5. The van der Waals surface area contributed by atoms with Gasteiger partial charge in [-0.05, 0) is 86.2 Å². The summed E-state index contributed by atoms with van der Waals surface area (Å²) in [5, 5.41) is 2.04. The maximum atomic E-state index is 13.3. The van der Waals surface area contributed by atoms with Crippen molar-refractivity contribution in [3.8, 4) is 0 Å². The summed E-state index contributed by atoms with van der Waals surface area (Å²) >= 11 is 18.9. The number of rotatable bonds is 3. The smallest absolute Gasteiger partial charge is 0.273 e. The number of thiocarbonyl (C=S) groups is 1. The summed E-state index contributed by atoms with van der Waals surface area (Å²) in [7, 11) is 0. The van der Waals surface area contributed by atoms with Crippen LogP contribution in [0.4, 0.5) is 0 Å². The fourth-order valence-corrected chi connectivity index (χ4v) is 7.48. The van der Waals surface area contributed by atoms with Crippen molar-refractivity contribution < 1.29 is 9.59 Å². The molecule has 2 amide bonds. The monoisotopic (exact) mass is 466 g/mol. The summed E-state index contributed by atoms with van der Waals surface area (Å²) in [5.41, 5.74) is 3.17. The Kier molecular flexibility index (Phi) is 4.97. The summed E-state index contributed by atoms with van der Waals surface area (Å²) in [4.78, 5) is 26.6. The first-order valence-electron chi connectivity index (χ1n) is 9.88. The summed E-state index contributed by atoms with van der Waals surface area (Å²) in [6.07, 6.45) is 8.27. The van der Waals surface area contributed by atoms with Gasteiger partial charge >= 0.3 is 0 Å². The second kappa shape index (κ2) is 7.26. The Morgan fingerprint density at radius 2 is 1.79 bits per heavy atom. The number of carbonyl (C=O) groups is 2. The Morgan fingerprint density at radius 3 is 2.41 bits per heavy atom. The predicted molar refractivity (Wildman–Crippen MR) is 120 cm³/mol. The molecule has 152 valence electrons. The molecule has 4 nitrogen and oxygen atoms in total. The van der Waals surface area contributed by atoms with Gasteiger partial charge in [0.1, 0.15) is 0 Å². The first kappa shape index (κ1) is 19.9. The number of carbonyl (C=O) groups excluding carboxylic acids is 2. The van der Waals surface area contributed by atoms with E-state index in [1.807, 2.05) is 0 Å². The summed E-state index contributed by atoms with van der Waals surface area (Å²) in [5.74, 6) is 1.60. The maximum absolute atomic E-state index is 13.3. The molecule has 4 aliphatic carbocycles. The molecule has 5 fully saturated rings. The van der Waals surface area contributed by atoms with Crippen LogP contribution in [0, 0.1) is 23.2 Å². The molecule has 1 aliphatic heterocycles. The zero-order valence-electron chi connectivity index (χ0n) is 15.6. The molecule has 0 unspecified atom stereocenters. The van der Waals surface area contributed by atoms with E-state index < -0.39 is 0 Å². The van der Waals surface area contributed by atoms with Crippen LogP contribution in [0.3, 0.4) is 0 Å². The fourth-order valence-electron chi connectivity index (χ4n) is 5.95. The topological polar surface area (TPSA) is 49.4 Å². The van der Waals surface area contributed by atoms with Crippen molar-refractivity contribution in [3.63, 3.8) is 0 Å². The maximum Gasteiger partial charge on any atom is 0.285 e. The number of hydrogen-bond acceptors (Lipinski definition) is 4. The molecule has 1 aromatic rings. The highest BCUT2D eigenvalue weighted by molar-refractivity contribution is 8.26. The van der Waals surface area contributed by atoms with Gasteiger partial charge in [-0.2, -0.15) is 5.01 Å². The Bertz CT molecular complexity index is 927. The number of thioether (sulfide) groups is 1. The van der Waals surface area contributed by atoms with Crippen LogP contribution in [0.2, 0.25) is 10.0 Å². The summed E-state index contributed by atoms with van der Waals surface area (Å²) in [6.45, 7) is 0. The van der Waals surface area contributed by atoms with E-state index in [2.05, 4.69) is 5.43 Å². The Morgan fingerprint density at radius 1 is 1.17 bits per heavy atom. The minimum Gasteiger partial charge on any atom is -0.273 e. The molecule has 5 aliphatic rings. The first-order chi connectivity index (χ1) is 13.8. The van der Waals surface area contributed by atoms with Crippen molar-refractivity contribution in [2.45, 2.75) is 38.5 Å². The first-order valence-corrected chi connectivity index (χ1v) is 11.9. The van der Waals surface area contributed by atoms with Gasteiger partial charge in [-0.1, -0.05) is 47.1 Å². The van der Waals surface area contributed by atoms with Crippen LogP contribution in [0.15, 0.2) is 23.1 Å². The molecule has 0 atom stereocenters. The number of amides is 2. The third-order valence-corrected chi connectivity index (χ3v) is 8.93. The Hall–Kier alpha value is -1.08. The van der Waals surface area contributed by atoms with Gasteiger partial charge in [-0.25, -0.2) is 0 Å². The number of hydrazine groups is 1. The van der Waals surface area contributed by atoms with Crippen molar-refractivity contribution in [1.82, 2.24) is 10.4 Å². The number of hydrogen-bond donors (Lipinski definition) is 1. The molecule has 1 saturated heterocycles. The highest BCUT2D eigenvalue weighted by Crippen LogP contribution is 2.60. The minimum atomic E-state index is -0.335. The predicted octanol–water partition coefficient (Wildman–Crippen LogP) is 5.44. The van der Waals surface area contributed by atoms with Crippen molar-refractivity contribution in [1.29, 1.82) is 0 Å². The lowest BCUT2D eigenvalue weighted by atomic mass is 9.49. The molecule has 0 radical (unpaired) electrons. The van der Waals surface area contributed by atoms with Crippen molar-refractivity contribution in [2.24, 2.45) is 23.2 Å². The van der Waals surface area contributed by atoms with Gasteiger partial charge in [0.05, 0.1) is 20.4 Å². The average Bonchev–Trinajstić information content (AvgIpc) is 2.92. The standard InChI is InChI=1S/C21H20Cl2N2O2S2/c22-15-3-1-2-14(17(15)23)7-16-18(26)25(20(28)29-16)24-19(27)21-8-11-4-12(9-21)6-13(5-11)10-21/h1-3,7,11-13H,4-6,8-10H2,(H,24,27)/b16-7+. The largest absolute Gasteiger partial charge is 0.285 e. The summed E-state index contributed by atoms with van der Waals surface area (Å²) < 4.78 is 0.331. The van der Waals surface area contributed by atoms with Crippen LogP contribution in [0.1, 0.15) is 44.1 Å². The van der Waals surface area contributed by atoms with E-state index >= 15 is 0 Å². The van der Waals surface area contributed by atoms with Crippen LogP contribution >= 0.6 is 47.2 Å².